The fraction of sp³-hybridized carbons (Fsp3) is 0.0625. The average molecular weight is 483 g/mol. The number of hydrogen-bond acceptors (Lipinski definition) is 2. The summed E-state index contributed by atoms with van der Waals surface area (Å²) in [5.41, 5.74) is 3.32. The smallest absolute Gasteiger partial charge is 0.250 e. The van der Waals surface area contributed by atoms with E-state index in [9.17, 15) is 0 Å². The Morgan fingerprint density at radius 3 is 1.56 bits per heavy atom. The van der Waals surface area contributed by atoms with Gasteiger partial charge >= 0.3 is 0 Å². The number of benzene rings is 5. The highest BCUT2D eigenvalue weighted by Crippen LogP contribution is 2.33. The molecule has 1 aliphatic rings. The monoisotopic (exact) mass is 482 g/mol. The zero-order chi connectivity index (χ0) is 24.4. The maximum Gasteiger partial charge on any atom is 0.250 e. The van der Waals surface area contributed by atoms with E-state index in [1.165, 1.54) is 26.4 Å². The van der Waals surface area contributed by atoms with Gasteiger partial charge in [0.25, 0.3) is 6.67 Å². The van der Waals surface area contributed by atoms with Crippen LogP contribution in [0.1, 0.15) is 0 Å². The summed E-state index contributed by atoms with van der Waals surface area (Å²) in [5.74, 6) is 0. The summed E-state index contributed by atoms with van der Waals surface area (Å²) in [6, 6.07) is 50.3. The van der Waals surface area contributed by atoms with Crippen LogP contribution < -0.4 is 25.6 Å². The molecule has 0 aliphatic carbocycles. The molecule has 0 atom stereocenters. The summed E-state index contributed by atoms with van der Waals surface area (Å²) in [4.78, 5) is 2.36. The van der Waals surface area contributed by atoms with E-state index in [1.807, 2.05) is 6.07 Å². The molecule has 0 saturated heterocycles. The van der Waals surface area contributed by atoms with E-state index in [1.54, 1.807) is 0 Å². The van der Waals surface area contributed by atoms with Crippen LogP contribution in [0, 0.1) is 0 Å². The third-order valence-corrected chi connectivity index (χ3v) is 11.9. The van der Waals surface area contributed by atoms with Gasteiger partial charge in [-0.3, -0.25) is 0 Å². The van der Waals surface area contributed by atoms with Gasteiger partial charge in [0, 0.05) is 24.3 Å². The summed E-state index contributed by atoms with van der Waals surface area (Å²) in [7, 11) is -0.455. The second-order valence-electron chi connectivity index (χ2n) is 9.20. The summed E-state index contributed by atoms with van der Waals surface area (Å²) >= 11 is 0. The van der Waals surface area contributed by atoms with Crippen molar-refractivity contribution in [3.8, 4) is 0 Å². The lowest BCUT2D eigenvalue weighted by Crippen LogP contribution is -2.75. The largest absolute Gasteiger partial charge is 0.316 e. The molecular weight excluding hydrogens is 454 g/mol. The maximum atomic E-state index is 5.14. The van der Waals surface area contributed by atoms with Crippen LogP contribution in [0.2, 0.25) is 0 Å². The first-order valence-electron chi connectivity index (χ1n) is 12.3. The third-order valence-electron chi connectivity index (χ3n) is 7.05. The van der Waals surface area contributed by atoms with Crippen LogP contribution in [0.25, 0.3) is 0 Å². The first kappa shape index (κ1) is 22.2. The predicted molar refractivity (Wildman–Crippen MR) is 152 cm³/mol. The van der Waals surface area contributed by atoms with E-state index in [0.29, 0.717) is 6.67 Å². The lowest BCUT2D eigenvalue weighted by Gasteiger charge is -2.37. The molecule has 3 nitrogen and oxygen atoms in total. The zero-order valence-corrected chi connectivity index (χ0v) is 21.3. The van der Waals surface area contributed by atoms with Gasteiger partial charge in [-0.1, -0.05) is 126 Å². The van der Waals surface area contributed by atoms with Crippen molar-refractivity contribution in [2.45, 2.75) is 0 Å². The van der Waals surface area contributed by atoms with Gasteiger partial charge in [-0.05, 0) is 26.8 Å². The second-order valence-corrected chi connectivity index (χ2v) is 13.0. The van der Waals surface area contributed by atoms with E-state index in [2.05, 4.69) is 150 Å². The quantitative estimate of drug-likeness (QED) is 0.198. The first-order chi connectivity index (χ1) is 17.8. The van der Waals surface area contributed by atoms with E-state index in [-0.39, 0.29) is 0 Å². The molecule has 6 rings (SSSR count). The average Bonchev–Trinajstić information content (AvgIpc) is 2.96. The standard InChI is InChI=1S/C32H28N3Si/c1-34-25-35(26-15-6-2-7-16-26)33-30-23-14-24-31(32(30)34)36(27-17-8-3-9-18-27,28-19-10-4-11-20-28)29-21-12-5-13-22-29/h2-24H,25H2,1H3/q+1. The lowest BCUT2D eigenvalue weighted by molar-refractivity contribution is -0.509. The van der Waals surface area contributed by atoms with E-state index in [0.717, 1.165) is 11.4 Å². The Balaban J connectivity index is 1.69. The van der Waals surface area contributed by atoms with Gasteiger partial charge in [-0.2, -0.15) is 0 Å². The van der Waals surface area contributed by atoms with Crippen molar-refractivity contribution < 1.29 is 4.70 Å². The lowest BCUT2D eigenvalue weighted by atomic mass is 10.2. The van der Waals surface area contributed by atoms with Crippen molar-refractivity contribution in [3.05, 3.63) is 140 Å². The van der Waals surface area contributed by atoms with Gasteiger partial charge in [-0.25, -0.2) is 0 Å². The molecule has 5 aromatic rings. The van der Waals surface area contributed by atoms with Crippen molar-refractivity contribution in [3.63, 3.8) is 0 Å². The fourth-order valence-corrected chi connectivity index (χ4v) is 10.6. The molecular formula is C32H28N3Si+. The molecule has 0 unspecified atom stereocenters. The summed E-state index contributed by atoms with van der Waals surface area (Å²) in [6.07, 6.45) is 0. The van der Waals surface area contributed by atoms with Crippen LogP contribution in [0.3, 0.4) is 0 Å². The van der Waals surface area contributed by atoms with Crippen molar-refractivity contribution in [2.75, 3.05) is 18.6 Å². The topological polar surface area (TPSA) is 18.6 Å². The number of rotatable bonds is 5. The van der Waals surface area contributed by atoms with Crippen molar-refractivity contribution >= 4 is 45.9 Å². The Morgan fingerprint density at radius 2 is 1.06 bits per heavy atom. The minimum absolute atomic E-state index is 0.691. The minimum atomic E-state index is -2.64. The summed E-state index contributed by atoms with van der Waals surface area (Å²) in [6.45, 7) is 0.691. The Labute approximate surface area is 213 Å². The van der Waals surface area contributed by atoms with E-state index in [4.69, 9.17) is 5.11 Å². The van der Waals surface area contributed by atoms with Gasteiger partial charge in [0.1, 0.15) is 0 Å². The van der Waals surface area contributed by atoms with Gasteiger partial charge in [0.05, 0.1) is 5.69 Å². The van der Waals surface area contributed by atoms with Gasteiger partial charge in [-0.15, -0.1) is 0 Å². The van der Waals surface area contributed by atoms with Crippen molar-refractivity contribution in [1.29, 1.82) is 0 Å². The molecule has 0 fully saturated rings. The Kier molecular flexibility index (Phi) is 5.80. The summed E-state index contributed by atoms with van der Waals surface area (Å²) in [5, 5.41) is 10.6. The normalized spacial score (nSPS) is 13.1. The molecule has 5 aromatic carbocycles. The van der Waals surface area contributed by atoms with E-state index < -0.39 is 8.07 Å². The molecule has 0 radical (unpaired) electrons. The molecule has 174 valence electrons. The van der Waals surface area contributed by atoms with Crippen LogP contribution >= 0.6 is 0 Å². The highest BCUT2D eigenvalue weighted by atomic mass is 28.3. The second kappa shape index (κ2) is 9.40. The molecule has 1 aliphatic heterocycles. The van der Waals surface area contributed by atoms with Crippen molar-refractivity contribution in [2.24, 2.45) is 5.11 Å². The number of anilines is 1. The number of para-hydroxylation sites is 2. The predicted octanol–water partition coefficient (Wildman–Crippen LogP) is 4.90. The van der Waals surface area contributed by atoms with Crippen molar-refractivity contribution in [1.82, 2.24) is 0 Å². The Bertz CT molecular complexity index is 1400. The highest BCUT2D eigenvalue weighted by Gasteiger charge is 2.45. The van der Waals surface area contributed by atoms with Crippen LogP contribution in [-0.2, 0) is 0 Å². The molecule has 1 heterocycles. The zero-order valence-electron chi connectivity index (χ0n) is 20.3. The van der Waals surface area contributed by atoms with Gasteiger partial charge in [0.15, 0.2) is 13.8 Å². The Hall–Kier alpha value is -4.28. The molecule has 4 heteroatoms. The SMILES string of the molecule is CN1C[N+](c2ccccc2)=Nc2cccc([Si](c3ccccc3)(c3ccccc3)c3ccccc3)c21. The van der Waals surface area contributed by atoms with Crippen LogP contribution in [0.15, 0.2) is 145 Å². The molecule has 0 spiro atoms. The molecule has 36 heavy (non-hydrogen) atoms. The molecule has 0 N–H and O–H groups in total. The summed E-state index contributed by atoms with van der Waals surface area (Å²) < 4.78 is 2.09. The highest BCUT2D eigenvalue weighted by molar-refractivity contribution is 7.20. The Morgan fingerprint density at radius 1 is 0.583 bits per heavy atom. The molecule has 0 aromatic heterocycles. The van der Waals surface area contributed by atoms with Crippen LogP contribution in [0.5, 0.6) is 0 Å². The number of hydrogen-bond donors (Lipinski definition) is 0. The molecule has 0 amide bonds. The maximum absolute atomic E-state index is 5.14. The van der Waals surface area contributed by atoms with Gasteiger partial charge < -0.3 is 4.90 Å². The molecule has 0 saturated carbocycles. The number of nitrogens with zero attached hydrogens (tertiary/aromatic N) is 3. The number of fused-ring (bicyclic) bond motifs is 1. The van der Waals surface area contributed by atoms with Crippen LogP contribution in [0.4, 0.5) is 17.1 Å². The fourth-order valence-electron chi connectivity index (χ4n) is 5.52. The first-order valence-corrected chi connectivity index (χ1v) is 14.3. The number of azo groups is 2. The van der Waals surface area contributed by atoms with Crippen LogP contribution in [-0.4, -0.2) is 26.5 Å². The molecule has 0 bridgehead atoms. The van der Waals surface area contributed by atoms with Gasteiger partial charge in [0.2, 0.25) is 5.69 Å². The third kappa shape index (κ3) is 3.67. The minimum Gasteiger partial charge on any atom is -0.316 e. The van der Waals surface area contributed by atoms with E-state index >= 15 is 0 Å².